The quantitative estimate of drug-likeness (QED) is 0.773. The number of nitrogens with one attached hydrogen (secondary N) is 1. The van der Waals surface area contributed by atoms with Gasteiger partial charge in [-0.2, -0.15) is 0 Å². The third-order valence-electron chi connectivity index (χ3n) is 3.90. The Morgan fingerprint density at radius 3 is 2.35 bits per heavy atom. The molecule has 2 aromatic carbocycles. The van der Waals surface area contributed by atoms with E-state index >= 15 is 0 Å². The molecular formula is C19H24ClNO2. The number of halogens is 1. The van der Waals surface area contributed by atoms with E-state index in [4.69, 9.17) is 21.1 Å². The highest BCUT2D eigenvalue weighted by molar-refractivity contribution is 6.31. The third kappa shape index (κ3) is 5.15. The predicted molar refractivity (Wildman–Crippen MR) is 95.6 cm³/mol. The Kier molecular flexibility index (Phi) is 6.75. The summed E-state index contributed by atoms with van der Waals surface area (Å²) in [5, 5.41) is 4.20. The van der Waals surface area contributed by atoms with Crippen molar-refractivity contribution >= 4 is 11.6 Å². The molecule has 0 heterocycles. The smallest absolute Gasteiger partial charge is 0.162 e. The lowest BCUT2D eigenvalue weighted by Crippen LogP contribution is -2.26. The molecule has 0 aliphatic carbocycles. The molecule has 0 bridgehead atoms. The summed E-state index contributed by atoms with van der Waals surface area (Å²) in [6, 6.07) is 14.7. The summed E-state index contributed by atoms with van der Waals surface area (Å²) in [4.78, 5) is 0. The fraction of sp³-hybridized carbons (Fsp3) is 0.368. The number of aryl methyl sites for hydroxylation is 1. The molecule has 1 N–H and O–H groups in total. The minimum absolute atomic E-state index is 0.402. The molecular weight excluding hydrogens is 310 g/mol. The molecule has 3 nitrogen and oxygen atoms in total. The minimum Gasteiger partial charge on any atom is -0.493 e. The summed E-state index contributed by atoms with van der Waals surface area (Å²) in [5.41, 5.74) is 2.38. The minimum atomic E-state index is 0.402. The van der Waals surface area contributed by atoms with Gasteiger partial charge in [-0.3, -0.25) is 0 Å². The van der Waals surface area contributed by atoms with Gasteiger partial charge >= 0.3 is 0 Å². The summed E-state index contributed by atoms with van der Waals surface area (Å²) in [6.45, 7) is 2.90. The Hall–Kier alpha value is -1.71. The zero-order valence-electron chi connectivity index (χ0n) is 13.9. The van der Waals surface area contributed by atoms with Crippen LogP contribution in [0.3, 0.4) is 0 Å². The van der Waals surface area contributed by atoms with Gasteiger partial charge in [-0.05, 0) is 37.0 Å². The first-order chi connectivity index (χ1) is 11.1. The van der Waals surface area contributed by atoms with Crippen LogP contribution in [-0.2, 0) is 13.0 Å². The highest BCUT2D eigenvalue weighted by Crippen LogP contribution is 2.33. The lowest BCUT2D eigenvalue weighted by atomic mass is 10.1. The Labute approximate surface area is 143 Å². The van der Waals surface area contributed by atoms with E-state index < -0.39 is 0 Å². The lowest BCUT2D eigenvalue weighted by Gasteiger charge is -2.16. The molecule has 0 radical (unpaired) electrons. The molecule has 0 aromatic heterocycles. The van der Waals surface area contributed by atoms with E-state index in [0.29, 0.717) is 29.1 Å². The molecule has 0 saturated carbocycles. The van der Waals surface area contributed by atoms with Crippen molar-refractivity contribution in [1.29, 1.82) is 0 Å². The largest absolute Gasteiger partial charge is 0.493 e. The van der Waals surface area contributed by atoms with Gasteiger partial charge in [0.25, 0.3) is 0 Å². The Bertz CT molecular complexity index is 616. The summed E-state index contributed by atoms with van der Waals surface area (Å²) < 4.78 is 10.6. The van der Waals surface area contributed by atoms with Crippen LogP contribution in [0.15, 0.2) is 42.5 Å². The Balaban J connectivity index is 1.89. The molecule has 23 heavy (non-hydrogen) atoms. The highest BCUT2D eigenvalue weighted by Gasteiger charge is 2.11. The molecule has 1 unspecified atom stereocenters. The van der Waals surface area contributed by atoms with Gasteiger partial charge in [-0.15, -0.1) is 0 Å². The van der Waals surface area contributed by atoms with Gasteiger partial charge in [0.2, 0.25) is 0 Å². The number of benzene rings is 2. The highest BCUT2D eigenvalue weighted by atomic mass is 35.5. The van der Waals surface area contributed by atoms with E-state index in [1.807, 2.05) is 12.1 Å². The maximum Gasteiger partial charge on any atom is 0.162 e. The Morgan fingerprint density at radius 2 is 1.70 bits per heavy atom. The number of ether oxygens (including phenoxy) is 2. The van der Waals surface area contributed by atoms with Crippen LogP contribution < -0.4 is 14.8 Å². The van der Waals surface area contributed by atoms with Crippen molar-refractivity contribution < 1.29 is 9.47 Å². The molecule has 2 rings (SSSR count). The third-order valence-corrected chi connectivity index (χ3v) is 4.25. The lowest BCUT2D eigenvalue weighted by molar-refractivity contribution is 0.354. The van der Waals surface area contributed by atoms with E-state index in [1.54, 1.807) is 20.3 Å². The topological polar surface area (TPSA) is 30.5 Å². The summed E-state index contributed by atoms with van der Waals surface area (Å²) in [6.07, 6.45) is 2.14. The summed E-state index contributed by atoms with van der Waals surface area (Å²) >= 11 is 6.32. The van der Waals surface area contributed by atoms with Crippen molar-refractivity contribution in [3.05, 3.63) is 58.6 Å². The van der Waals surface area contributed by atoms with Crippen LogP contribution >= 0.6 is 11.6 Å². The molecule has 0 amide bonds. The van der Waals surface area contributed by atoms with E-state index in [0.717, 1.165) is 18.4 Å². The molecule has 0 fully saturated rings. The first kappa shape index (κ1) is 17.6. The first-order valence-electron chi connectivity index (χ1n) is 7.81. The van der Waals surface area contributed by atoms with Crippen molar-refractivity contribution in [3.63, 3.8) is 0 Å². The van der Waals surface area contributed by atoms with Crippen molar-refractivity contribution in [3.8, 4) is 11.5 Å². The SMILES string of the molecule is COc1cc(Cl)c(CNC(C)CCc2ccccc2)cc1OC. The van der Waals surface area contributed by atoms with E-state index in [2.05, 4.69) is 36.5 Å². The van der Waals surface area contributed by atoms with Crippen molar-refractivity contribution in [2.24, 2.45) is 0 Å². The van der Waals surface area contributed by atoms with Gasteiger partial charge in [0.1, 0.15) is 0 Å². The summed E-state index contributed by atoms with van der Waals surface area (Å²) in [5.74, 6) is 1.35. The molecule has 0 aliphatic heterocycles. The van der Waals surface area contributed by atoms with Crippen molar-refractivity contribution in [1.82, 2.24) is 5.32 Å². The second-order valence-electron chi connectivity index (χ2n) is 5.60. The molecule has 124 valence electrons. The zero-order valence-corrected chi connectivity index (χ0v) is 14.7. The normalized spacial score (nSPS) is 12.0. The number of methoxy groups -OCH3 is 2. The van der Waals surface area contributed by atoms with Gasteiger partial charge in [0, 0.05) is 23.7 Å². The Morgan fingerprint density at radius 1 is 1.04 bits per heavy atom. The van der Waals surface area contributed by atoms with E-state index in [-0.39, 0.29) is 0 Å². The average molecular weight is 334 g/mol. The molecule has 4 heteroatoms. The fourth-order valence-corrected chi connectivity index (χ4v) is 2.67. The van der Waals surface area contributed by atoms with Gasteiger partial charge < -0.3 is 14.8 Å². The van der Waals surface area contributed by atoms with Crippen LogP contribution in [0.2, 0.25) is 5.02 Å². The van der Waals surface area contributed by atoms with Crippen molar-refractivity contribution in [2.75, 3.05) is 14.2 Å². The maximum absolute atomic E-state index is 6.32. The van der Waals surface area contributed by atoms with Crippen molar-refractivity contribution in [2.45, 2.75) is 32.4 Å². The molecule has 0 spiro atoms. The van der Waals surface area contributed by atoms with E-state index in [9.17, 15) is 0 Å². The van der Waals surface area contributed by atoms with Crippen LogP contribution in [0.1, 0.15) is 24.5 Å². The van der Waals surface area contributed by atoms with Gasteiger partial charge in [-0.1, -0.05) is 41.9 Å². The molecule has 1 atom stereocenters. The van der Waals surface area contributed by atoms with Gasteiger partial charge in [-0.25, -0.2) is 0 Å². The van der Waals surface area contributed by atoms with Gasteiger partial charge in [0.15, 0.2) is 11.5 Å². The standard InChI is InChI=1S/C19H24ClNO2/c1-14(9-10-15-7-5-4-6-8-15)21-13-16-11-18(22-2)19(23-3)12-17(16)20/h4-8,11-12,14,21H,9-10,13H2,1-3H3. The monoisotopic (exact) mass is 333 g/mol. The molecule has 0 saturated heterocycles. The van der Waals surface area contributed by atoms with Crippen LogP contribution in [-0.4, -0.2) is 20.3 Å². The van der Waals surface area contributed by atoms with Crippen LogP contribution in [0, 0.1) is 0 Å². The number of rotatable bonds is 8. The molecule has 0 aliphatic rings. The average Bonchev–Trinajstić information content (AvgIpc) is 2.59. The first-order valence-corrected chi connectivity index (χ1v) is 8.19. The zero-order chi connectivity index (χ0) is 16.7. The fourth-order valence-electron chi connectivity index (χ4n) is 2.45. The van der Waals surface area contributed by atoms with Crippen LogP contribution in [0.25, 0.3) is 0 Å². The molecule has 2 aromatic rings. The second kappa shape index (κ2) is 8.80. The van der Waals surface area contributed by atoms with Gasteiger partial charge in [0.05, 0.1) is 14.2 Å². The predicted octanol–water partition coefficient (Wildman–Crippen LogP) is 4.47. The van der Waals surface area contributed by atoms with Crippen LogP contribution in [0.4, 0.5) is 0 Å². The maximum atomic E-state index is 6.32. The summed E-state index contributed by atoms with van der Waals surface area (Å²) in [7, 11) is 3.24. The number of hydrogen-bond acceptors (Lipinski definition) is 3. The van der Waals surface area contributed by atoms with Crippen LogP contribution in [0.5, 0.6) is 11.5 Å². The van der Waals surface area contributed by atoms with E-state index in [1.165, 1.54) is 5.56 Å². The number of hydrogen-bond donors (Lipinski definition) is 1. The second-order valence-corrected chi connectivity index (χ2v) is 6.01.